The molecular weight excluding hydrogens is 217 g/mol. The predicted octanol–water partition coefficient (Wildman–Crippen LogP) is 2.33. The zero-order valence-corrected chi connectivity index (χ0v) is 8.20. The van der Waals surface area contributed by atoms with Crippen molar-refractivity contribution < 1.29 is 21.9 Å². The smallest absolute Gasteiger partial charge is 0.306 e. The van der Waals surface area contributed by atoms with Crippen LogP contribution < -0.4 is 0 Å². The van der Waals surface area contributed by atoms with E-state index in [4.69, 9.17) is 4.55 Å². The summed E-state index contributed by atoms with van der Waals surface area (Å²) in [5.41, 5.74) is 0. The normalized spacial score (nSPS) is 44.3. The van der Waals surface area contributed by atoms with E-state index in [-0.39, 0.29) is 12.8 Å². The number of hydrogen-bond donors (Lipinski definition) is 1. The molecule has 4 atom stereocenters. The summed E-state index contributed by atoms with van der Waals surface area (Å²) in [6.07, 6.45) is -2.94. The van der Waals surface area contributed by atoms with Crippen molar-refractivity contribution in [2.75, 3.05) is 0 Å². The van der Waals surface area contributed by atoms with Crippen LogP contribution in [0.1, 0.15) is 25.7 Å². The van der Waals surface area contributed by atoms with Crippen LogP contribution in [0.25, 0.3) is 0 Å². The summed E-state index contributed by atoms with van der Waals surface area (Å²) in [7, 11) is 0. The summed E-state index contributed by atoms with van der Waals surface area (Å²) in [5, 5.41) is 0. The molecule has 0 aromatic rings. The number of rotatable bonds is 1. The Kier molecular flexibility index (Phi) is 2.19. The van der Waals surface area contributed by atoms with Crippen LogP contribution in [0.4, 0.5) is 13.2 Å². The molecule has 2 fully saturated rings. The van der Waals surface area contributed by atoms with Gasteiger partial charge in [-0.25, -0.2) is 4.21 Å². The first-order valence-corrected chi connectivity index (χ1v) is 5.66. The van der Waals surface area contributed by atoms with Crippen LogP contribution in [0, 0.1) is 11.8 Å². The van der Waals surface area contributed by atoms with Crippen LogP contribution in [0.5, 0.6) is 0 Å². The molecule has 2 rings (SSSR count). The van der Waals surface area contributed by atoms with Gasteiger partial charge >= 0.3 is 6.18 Å². The summed E-state index contributed by atoms with van der Waals surface area (Å²) in [4.78, 5) is 0. The van der Waals surface area contributed by atoms with E-state index in [0.29, 0.717) is 12.8 Å². The van der Waals surface area contributed by atoms with Gasteiger partial charge in [-0.05, 0) is 25.2 Å². The van der Waals surface area contributed by atoms with Crippen LogP contribution in [-0.4, -0.2) is 19.7 Å². The monoisotopic (exact) mass is 228 g/mol. The van der Waals surface area contributed by atoms with Crippen LogP contribution in [0.2, 0.25) is 0 Å². The molecule has 2 saturated carbocycles. The quantitative estimate of drug-likeness (QED) is 0.699. The molecule has 0 spiro atoms. The fraction of sp³-hybridized carbons (Fsp3) is 1.00. The third-order valence-electron chi connectivity index (χ3n) is 3.45. The average molecular weight is 228 g/mol. The van der Waals surface area contributed by atoms with Gasteiger partial charge in [-0.2, -0.15) is 13.2 Å². The van der Waals surface area contributed by atoms with E-state index in [1.54, 1.807) is 0 Å². The minimum Gasteiger partial charge on any atom is -0.306 e. The highest BCUT2D eigenvalue weighted by Gasteiger charge is 2.68. The molecule has 2 aliphatic rings. The maximum Gasteiger partial charge on any atom is 0.392 e. The lowest BCUT2D eigenvalue weighted by atomic mass is 9.88. The van der Waals surface area contributed by atoms with E-state index in [2.05, 4.69) is 0 Å². The fourth-order valence-corrected chi connectivity index (χ4v) is 3.68. The largest absolute Gasteiger partial charge is 0.392 e. The highest BCUT2D eigenvalue weighted by atomic mass is 32.2. The van der Waals surface area contributed by atoms with E-state index in [1.807, 2.05) is 0 Å². The summed E-state index contributed by atoms with van der Waals surface area (Å²) < 4.78 is 56.4. The maximum absolute atomic E-state index is 12.5. The van der Waals surface area contributed by atoms with Gasteiger partial charge in [0.05, 0.1) is 10.7 Å². The minimum absolute atomic E-state index is 0.118. The van der Waals surface area contributed by atoms with Crippen LogP contribution >= 0.6 is 0 Å². The second kappa shape index (κ2) is 2.95. The van der Waals surface area contributed by atoms with Crippen LogP contribution in [0.15, 0.2) is 0 Å². The van der Waals surface area contributed by atoms with Gasteiger partial charge in [-0.1, -0.05) is 6.42 Å². The first-order valence-electron chi connectivity index (χ1n) is 4.55. The Bertz CT molecular complexity index is 278. The Morgan fingerprint density at radius 3 is 2.57 bits per heavy atom. The number of hydrogen-bond acceptors (Lipinski definition) is 1. The minimum atomic E-state index is -4.20. The molecule has 0 aliphatic heterocycles. The summed E-state index contributed by atoms with van der Waals surface area (Å²) in [6, 6.07) is 0. The molecule has 14 heavy (non-hydrogen) atoms. The van der Waals surface area contributed by atoms with E-state index in [1.165, 1.54) is 0 Å². The molecule has 6 heteroatoms. The molecule has 0 aromatic carbocycles. The maximum atomic E-state index is 12.5. The Morgan fingerprint density at radius 1 is 1.43 bits per heavy atom. The average Bonchev–Trinajstić information content (AvgIpc) is 2.76. The molecule has 4 unspecified atom stereocenters. The zero-order chi connectivity index (χ0) is 10.6. The van der Waals surface area contributed by atoms with Crippen molar-refractivity contribution >= 4 is 11.1 Å². The van der Waals surface area contributed by atoms with Crippen molar-refractivity contribution in [2.24, 2.45) is 11.8 Å². The molecule has 0 amide bonds. The molecule has 0 saturated heterocycles. The topological polar surface area (TPSA) is 37.3 Å². The van der Waals surface area contributed by atoms with E-state index < -0.39 is 33.8 Å². The third-order valence-corrected chi connectivity index (χ3v) is 4.82. The van der Waals surface area contributed by atoms with E-state index in [9.17, 15) is 17.4 Å². The Labute approximate surface area is 82.2 Å². The van der Waals surface area contributed by atoms with Crippen molar-refractivity contribution in [2.45, 2.75) is 36.6 Å². The first kappa shape index (κ1) is 10.4. The van der Waals surface area contributed by atoms with Gasteiger partial charge in [-0.3, -0.25) is 0 Å². The second-order valence-electron chi connectivity index (χ2n) is 4.16. The van der Waals surface area contributed by atoms with Gasteiger partial charge in [0.25, 0.3) is 0 Å². The van der Waals surface area contributed by atoms with Crippen molar-refractivity contribution in [1.29, 1.82) is 0 Å². The number of halogens is 3. The van der Waals surface area contributed by atoms with E-state index >= 15 is 0 Å². The summed E-state index contributed by atoms with van der Waals surface area (Å²) in [5.74, 6) is -1.96. The van der Waals surface area contributed by atoms with Gasteiger partial charge in [-0.15, -0.1) is 0 Å². The fourth-order valence-electron chi connectivity index (χ4n) is 2.61. The third kappa shape index (κ3) is 1.39. The lowest BCUT2D eigenvalue weighted by Gasteiger charge is -2.27. The SMILES string of the molecule is O=S(O)C12CCCC(C(F)(F)F)C1C2. The zero-order valence-electron chi connectivity index (χ0n) is 7.38. The van der Waals surface area contributed by atoms with Crippen molar-refractivity contribution in [3.8, 4) is 0 Å². The molecule has 2 nitrogen and oxygen atoms in total. The molecular formula is C8H11F3O2S. The van der Waals surface area contributed by atoms with Gasteiger partial charge in [0, 0.05) is 0 Å². The van der Waals surface area contributed by atoms with Crippen molar-refractivity contribution in [1.82, 2.24) is 0 Å². The standard InChI is InChI=1S/C8H11F3O2S/c9-8(10,11)5-2-1-3-7(14(12)13)4-6(5)7/h5-6H,1-4H2,(H,12,13). The Hall–Kier alpha value is -0.100. The molecule has 82 valence electrons. The van der Waals surface area contributed by atoms with Gasteiger partial charge in [0.2, 0.25) is 0 Å². The van der Waals surface area contributed by atoms with Gasteiger partial charge in [0.15, 0.2) is 11.1 Å². The van der Waals surface area contributed by atoms with Gasteiger partial charge < -0.3 is 4.55 Å². The first-order chi connectivity index (χ1) is 6.38. The molecule has 0 aromatic heterocycles. The summed E-state index contributed by atoms with van der Waals surface area (Å²) in [6.45, 7) is 0. The van der Waals surface area contributed by atoms with Crippen molar-refractivity contribution in [3.05, 3.63) is 0 Å². The second-order valence-corrected chi connectivity index (χ2v) is 5.48. The summed E-state index contributed by atoms with van der Waals surface area (Å²) >= 11 is -2.10. The molecule has 0 radical (unpaired) electrons. The van der Waals surface area contributed by atoms with E-state index in [0.717, 1.165) is 0 Å². The van der Waals surface area contributed by atoms with Crippen LogP contribution in [0.3, 0.4) is 0 Å². The highest BCUT2D eigenvalue weighted by Crippen LogP contribution is 2.62. The lowest BCUT2D eigenvalue weighted by Crippen LogP contribution is -2.34. The molecule has 1 N–H and O–H groups in total. The number of fused-ring (bicyclic) bond motifs is 1. The highest BCUT2D eigenvalue weighted by molar-refractivity contribution is 7.81. The molecule has 0 heterocycles. The molecule has 2 aliphatic carbocycles. The Morgan fingerprint density at radius 2 is 2.07 bits per heavy atom. The number of alkyl halides is 3. The lowest BCUT2D eigenvalue weighted by molar-refractivity contribution is -0.185. The van der Waals surface area contributed by atoms with Gasteiger partial charge in [0.1, 0.15) is 0 Å². The predicted molar refractivity (Wildman–Crippen MR) is 45.0 cm³/mol. The Balaban J connectivity index is 2.16. The molecule has 0 bridgehead atoms. The van der Waals surface area contributed by atoms with Crippen LogP contribution in [-0.2, 0) is 11.1 Å². The van der Waals surface area contributed by atoms with Crippen molar-refractivity contribution in [3.63, 3.8) is 0 Å².